The summed E-state index contributed by atoms with van der Waals surface area (Å²) in [7, 11) is -6.85. The Morgan fingerprint density at radius 3 is 1.81 bits per heavy atom. The number of unbranched alkanes of at least 4 members (excludes halogenated alkanes) is 1. The second kappa shape index (κ2) is 12.1. The SMILES string of the molecule is CC(C)S(=O)(=O)NCCCCOC(=O)/C=C/C(=O)OCNS(=O)(=O)C(C)C. The van der Waals surface area contributed by atoms with E-state index in [9.17, 15) is 26.4 Å². The lowest BCUT2D eigenvalue weighted by Gasteiger charge is -2.09. The molecule has 10 nitrogen and oxygen atoms in total. The van der Waals surface area contributed by atoms with Crippen LogP contribution in [0.2, 0.25) is 0 Å². The molecule has 0 saturated heterocycles. The van der Waals surface area contributed by atoms with Crippen LogP contribution in [-0.2, 0) is 39.1 Å². The van der Waals surface area contributed by atoms with Gasteiger partial charge in [-0.05, 0) is 40.5 Å². The average Bonchev–Trinajstić information content (AvgIpc) is 2.55. The summed E-state index contributed by atoms with van der Waals surface area (Å²) in [5.41, 5.74) is 0. The third-order valence-electron chi connectivity index (χ3n) is 3.19. The highest BCUT2D eigenvalue weighted by atomic mass is 32.2. The Morgan fingerprint density at radius 1 is 0.815 bits per heavy atom. The van der Waals surface area contributed by atoms with Crippen LogP contribution in [-0.4, -0.2) is 59.2 Å². The minimum absolute atomic E-state index is 0.0653. The summed E-state index contributed by atoms with van der Waals surface area (Å²) in [4.78, 5) is 22.8. The first-order chi connectivity index (χ1) is 12.4. The van der Waals surface area contributed by atoms with Crippen molar-refractivity contribution < 1.29 is 35.9 Å². The maximum atomic E-state index is 11.5. The van der Waals surface area contributed by atoms with Crippen molar-refractivity contribution >= 4 is 32.0 Å². The molecule has 0 aromatic heterocycles. The molecule has 158 valence electrons. The predicted octanol–water partition coefficient (Wildman–Crippen LogP) is 0.0223. The standard InChI is InChI=1S/C15H28N2O8S2/c1-12(2)26(20,21)16-9-5-6-10-24-14(18)7-8-15(19)25-11-17-27(22,23)13(3)4/h7-8,12-13,16-17H,5-6,9-11H2,1-4H3/b8-7+. The monoisotopic (exact) mass is 428 g/mol. The van der Waals surface area contributed by atoms with Crippen LogP contribution in [0.5, 0.6) is 0 Å². The zero-order valence-corrected chi connectivity index (χ0v) is 17.6. The molecule has 0 aromatic rings. The molecule has 0 aromatic carbocycles. The van der Waals surface area contributed by atoms with Crippen molar-refractivity contribution in [1.29, 1.82) is 0 Å². The van der Waals surface area contributed by atoms with Gasteiger partial charge in [-0.2, -0.15) is 4.72 Å². The Morgan fingerprint density at radius 2 is 1.30 bits per heavy atom. The van der Waals surface area contributed by atoms with E-state index in [2.05, 4.69) is 14.2 Å². The van der Waals surface area contributed by atoms with E-state index in [1.165, 1.54) is 13.8 Å². The van der Waals surface area contributed by atoms with Gasteiger partial charge in [-0.15, -0.1) is 0 Å². The molecule has 0 amide bonds. The minimum atomic E-state index is -3.54. The molecule has 2 N–H and O–H groups in total. The Bertz CT molecular complexity index is 712. The largest absolute Gasteiger partial charge is 0.463 e. The number of carbonyl (C=O) groups is 2. The van der Waals surface area contributed by atoms with Crippen molar-refractivity contribution in [3.05, 3.63) is 12.2 Å². The van der Waals surface area contributed by atoms with Gasteiger partial charge in [0, 0.05) is 18.7 Å². The molecule has 0 aliphatic carbocycles. The topological polar surface area (TPSA) is 145 Å². The predicted molar refractivity (Wildman–Crippen MR) is 99.5 cm³/mol. The molecular formula is C15H28N2O8S2. The number of hydrogen-bond donors (Lipinski definition) is 2. The molecule has 0 heterocycles. The summed E-state index contributed by atoms with van der Waals surface area (Å²) in [6.45, 7) is 5.85. The number of esters is 2. The first-order valence-corrected chi connectivity index (χ1v) is 11.5. The van der Waals surface area contributed by atoms with Gasteiger partial charge < -0.3 is 9.47 Å². The molecule has 0 fully saturated rings. The first kappa shape index (κ1) is 25.5. The number of sulfonamides is 2. The molecule has 0 aliphatic rings. The summed E-state index contributed by atoms with van der Waals surface area (Å²) < 4.78 is 59.8. The maximum absolute atomic E-state index is 11.5. The van der Waals surface area contributed by atoms with Crippen LogP contribution in [0.4, 0.5) is 0 Å². The molecule has 12 heteroatoms. The maximum Gasteiger partial charge on any atom is 0.332 e. The van der Waals surface area contributed by atoms with Crippen molar-refractivity contribution in [3.8, 4) is 0 Å². The Labute approximate surface area is 160 Å². The van der Waals surface area contributed by atoms with Gasteiger partial charge in [-0.1, -0.05) is 0 Å². The highest BCUT2D eigenvalue weighted by molar-refractivity contribution is 7.90. The number of rotatable bonds is 13. The molecule has 0 spiro atoms. The van der Waals surface area contributed by atoms with E-state index in [-0.39, 0.29) is 13.2 Å². The fourth-order valence-corrected chi connectivity index (χ4v) is 2.68. The van der Waals surface area contributed by atoms with Gasteiger partial charge in [0.1, 0.15) is 0 Å². The van der Waals surface area contributed by atoms with Crippen LogP contribution in [0, 0.1) is 0 Å². The molecule has 0 unspecified atom stereocenters. The van der Waals surface area contributed by atoms with Crippen molar-refractivity contribution in [2.75, 3.05) is 19.9 Å². The third-order valence-corrected chi connectivity index (χ3v) is 6.80. The van der Waals surface area contributed by atoms with Crippen LogP contribution >= 0.6 is 0 Å². The van der Waals surface area contributed by atoms with E-state index >= 15 is 0 Å². The van der Waals surface area contributed by atoms with Crippen LogP contribution < -0.4 is 9.44 Å². The highest BCUT2D eigenvalue weighted by Crippen LogP contribution is 1.98. The van der Waals surface area contributed by atoms with Gasteiger partial charge in [-0.25, -0.2) is 31.1 Å². The van der Waals surface area contributed by atoms with Crippen molar-refractivity contribution in [2.24, 2.45) is 0 Å². The first-order valence-electron chi connectivity index (χ1n) is 8.37. The average molecular weight is 429 g/mol. The number of nitrogens with one attached hydrogen (secondary N) is 2. The van der Waals surface area contributed by atoms with E-state index < -0.39 is 49.2 Å². The fraction of sp³-hybridized carbons (Fsp3) is 0.733. The van der Waals surface area contributed by atoms with E-state index in [1.54, 1.807) is 13.8 Å². The van der Waals surface area contributed by atoms with Gasteiger partial charge in [0.05, 0.1) is 17.1 Å². The van der Waals surface area contributed by atoms with Gasteiger partial charge in [-0.3, -0.25) is 0 Å². The smallest absolute Gasteiger partial charge is 0.332 e. The zero-order valence-electron chi connectivity index (χ0n) is 15.9. The summed E-state index contributed by atoms with van der Waals surface area (Å²) in [5, 5.41) is -1.18. The lowest BCUT2D eigenvalue weighted by molar-refractivity contribution is -0.140. The number of ether oxygens (including phenoxy) is 2. The van der Waals surface area contributed by atoms with E-state index in [1.807, 2.05) is 0 Å². The Hall–Kier alpha value is -1.50. The van der Waals surface area contributed by atoms with Crippen LogP contribution in [0.3, 0.4) is 0 Å². The molecule has 0 rings (SSSR count). The minimum Gasteiger partial charge on any atom is -0.463 e. The van der Waals surface area contributed by atoms with Gasteiger partial charge in [0.2, 0.25) is 20.0 Å². The second-order valence-electron chi connectivity index (χ2n) is 6.04. The van der Waals surface area contributed by atoms with Crippen molar-refractivity contribution in [3.63, 3.8) is 0 Å². The summed E-state index contributed by atoms with van der Waals surface area (Å²) >= 11 is 0. The molecule has 0 aliphatic heterocycles. The van der Waals surface area contributed by atoms with Crippen LogP contribution in [0.15, 0.2) is 12.2 Å². The van der Waals surface area contributed by atoms with E-state index in [0.717, 1.165) is 12.2 Å². The van der Waals surface area contributed by atoms with Gasteiger partial charge in [0.15, 0.2) is 6.73 Å². The van der Waals surface area contributed by atoms with Crippen molar-refractivity contribution in [1.82, 2.24) is 9.44 Å². The highest BCUT2D eigenvalue weighted by Gasteiger charge is 2.15. The van der Waals surface area contributed by atoms with E-state index in [4.69, 9.17) is 4.74 Å². The lowest BCUT2D eigenvalue weighted by atomic mass is 10.3. The number of carbonyl (C=O) groups excluding carboxylic acids is 2. The lowest BCUT2D eigenvalue weighted by Crippen LogP contribution is -2.33. The summed E-state index contributed by atoms with van der Waals surface area (Å²) in [6, 6.07) is 0. The van der Waals surface area contributed by atoms with Crippen LogP contribution in [0.25, 0.3) is 0 Å². The molecule has 0 bridgehead atoms. The van der Waals surface area contributed by atoms with Gasteiger partial charge >= 0.3 is 11.9 Å². The van der Waals surface area contributed by atoms with Gasteiger partial charge in [0.25, 0.3) is 0 Å². The Balaban J connectivity index is 3.94. The molecule has 0 radical (unpaired) electrons. The molecule has 0 atom stereocenters. The number of hydrogen-bond acceptors (Lipinski definition) is 8. The van der Waals surface area contributed by atoms with Crippen LogP contribution in [0.1, 0.15) is 40.5 Å². The molecule has 27 heavy (non-hydrogen) atoms. The fourth-order valence-electron chi connectivity index (χ4n) is 1.36. The zero-order chi connectivity index (χ0) is 21.1. The second-order valence-corrected chi connectivity index (χ2v) is 10.7. The quantitative estimate of drug-likeness (QED) is 0.181. The third kappa shape index (κ3) is 11.7. The molecule has 0 saturated carbocycles. The molecular weight excluding hydrogens is 400 g/mol. The summed E-state index contributed by atoms with van der Waals surface area (Å²) in [6.07, 6.45) is 2.62. The van der Waals surface area contributed by atoms with Crippen molar-refractivity contribution in [2.45, 2.75) is 51.0 Å². The van der Waals surface area contributed by atoms with E-state index in [0.29, 0.717) is 12.8 Å². The Kier molecular flexibility index (Phi) is 11.4. The summed E-state index contributed by atoms with van der Waals surface area (Å²) in [5.74, 6) is -1.67. The normalized spacial score (nSPS) is 12.7.